The monoisotopic (exact) mass is 414 g/mol. The zero-order valence-electron chi connectivity index (χ0n) is 15.7. The number of aromatic nitrogens is 2. The first-order chi connectivity index (χ1) is 13.8. The average molecular weight is 414 g/mol. The van der Waals surface area contributed by atoms with Gasteiger partial charge >= 0.3 is 16.1 Å². The molecule has 0 unspecified atom stereocenters. The highest BCUT2D eigenvalue weighted by molar-refractivity contribution is 7.87. The van der Waals surface area contributed by atoms with Gasteiger partial charge in [0, 0.05) is 0 Å². The summed E-state index contributed by atoms with van der Waals surface area (Å²) in [6, 6.07) is 15.2. The number of hydrogen-bond donors (Lipinski definition) is 0. The molecule has 2 aromatic carbocycles. The van der Waals surface area contributed by atoms with Gasteiger partial charge in [0.25, 0.3) is 5.56 Å². The topological polar surface area (TPSA) is 105 Å². The van der Waals surface area contributed by atoms with E-state index in [-0.39, 0.29) is 11.5 Å². The van der Waals surface area contributed by atoms with E-state index in [4.69, 9.17) is 8.92 Å². The Hall–Kier alpha value is -3.46. The summed E-state index contributed by atoms with van der Waals surface area (Å²) in [6.45, 7) is 3.44. The fourth-order valence-electron chi connectivity index (χ4n) is 2.47. The smallest absolute Gasteiger partial charge is 0.362 e. The summed E-state index contributed by atoms with van der Waals surface area (Å²) in [5, 5.41) is 3.99. The van der Waals surface area contributed by atoms with Gasteiger partial charge in [0.15, 0.2) is 5.75 Å². The molecule has 0 radical (unpaired) electrons. The molecule has 3 rings (SSSR count). The van der Waals surface area contributed by atoms with Crippen LogP contribution in [0.5, 0.6) is 5.75 Å². The SMILES string of the molecule is CCOC(=O)c1nn(-c2ccccc2)c(=O)cc1OS(=O)(=O)c1ccc(C)cc1. The maximum atomic E-state index is 12.6. The number of para-hydroxylation sites is 1. The maximum Gasteiger partial charge on any atom is 0.362 e. The van der Waals surface area contributed by atoms with Gasteiger partial charge in [0.2, 0.25) is 5.69 Å². The van der Waals surface area contributed by atoms with Gasteiger partial charge in [-0.3, -0.25) is 4.79 Å². The van der Waals surface area contributed by atoms with E-state index in [9.17, 15) is 18.0 Å². The van der Waals surface area contributed by atoms with Gasteiger partial charge in [0.05, 0.1) is 18.4 Å². The van der Waals surface area contributed by atoms with Crippen LogP contribution < -0.4 is 9.74 Å². The molecule has 0 aliphatic carbocycles. The molecule has 0 aliphatic rings. The summed E-state index contributed by atoms with van der Waals surface area (Å²) >= 11 is 0. The zero-order valence-corrected chi connectivity index (χ0v) is 16.5. The zero-order chi connectivity index (χ0) is 21.0. The molecule has 0 spiro atoms. The predicted molar refractivity (Wildman–Crippen MR) is 105 cm³/mol. The molecular formula is C20H18N2O6S. The Morgan fingerprint density at radius 3 is 2.34 bits per heavy atom. The minimum atomic E-state index is -4.29. The number of esters is 1. The largest absolute Gasteiger partial charge is 0.461 e. The fraction of sp³-hybridized carbons (Fsp3) is 0.150. The van der Waals surface area contributed by atoms with Crippen LogP contribution >= 0.6 is 0 Å². The first-order valence-corrected chi connectivity index (χ1v) is 10.1. The van der Waals surface area contributed by atoms with Gasteiger partial charge in [-0.25, -0.2) is 4.79 Å². The molecule has 0 bridgehead atoms. The number of hydrogen-bond acceptors (Lipinski definition) is 7. The number of carbonyl (C=O) groups excluding carboxylic acids is 1. The standard InChI is InChI=1S/C20H18N2O6S/c1-3-27-20(24)19-17(28-29(25,26)16-11-9-14(2)10-12-16)13-18(23)22(21-19)15-7-5-4-6-8-15/h4-13H,3H2,1-2H3. The molecule has 0 saturated heterocycles. The summed E-state index contributed by atoms with van der Waals surface area (Å²) in [5.74, 6) is -1.41. The molecule has 8 nitrogen and oxygen atoms in total. The van der Waals surface area contributed by atoms with Gasteiger partial charge < -0.3 is 8.92 Å². The number of rotatable bonds is 6. The van der Waals surface area contributed by atoms with Gasteiger partial charge in [-0.2, -0.15) is 18.2 Å². The third-order valence-electron chi connectivity index (χ3n) is 3.88. The minimum absolute atomic E-state index is 0.0368. The molecule has 150 valence electrons. The second-order valence-electron chi connectivity index (χ2n) is 6.01. The fourth-order valence-corrected chi connectivity index (χ4v) is 3.40. The molecule has 9 heteroatoms. The van der Waals surface area contributed by atoms with Gasteiger partial charge in [-0.1, -0.05) is 35.9 Å². The summed E-state index contributed by atoms with van der Waals surface area (Å²) in [7, 11) is -4.29. The lowest BCUT2D eigenvalue weighted by Crippen LogP contribution is -2.26. The van der Waals surface area contributed by atoms with Crippen LogP contribution in [0.25, 0.3) is 5.69 Å². The van der Waals surface area contributed by atoms with E-state index in [1.165, 1.54) is 12.1 Å². The van der Waals surface area contributed by atoms with Crippen LogP contribution in [-0.2, 0) is 14.9 Å². The van der Waals surface area contributed by atoms with E-state index >= 15 is 0 Å². The van der Waals surface area contributed by atoms with Crippen LogP contribution in [0.4, 0.5) is 0 Å². The van der Waals surface area contributed by atoms with Crippen molar-refractivity contribution in [3.63, 3.8) is 0 Å². The highest BCUT2D eigenvalue weighted by Crippen LogP contribution is 2.22. The molecule has 0 amide bonds. The van der Waals surface area contributed by atoms with Gasteiger partial charge in [0.1, 0.15) is 4.90 Å². The van der Waals surface area contributed by atoms with Crippen LogP contribution in [0, 0.1) is 6.92 Å². The number of ether oxygens (including phenoxy) is 1. The molecule has 1 heterocycles. The van der Waals surface area contributed by atoms with E-state index in [0.717, 1.165) is 16.3 Å². The van der Waals surface area contributed by atoms with E-state index in [1.54, 1.807) is 49.4 Å². The van der Waals surface area contributed by atoms with Crippen molar-refractivity contribution in [2.75, 3.05) is 6.61 Å². The molecule has 0 saturated carbocycles. The molecular weight excluding hydrogens is 396 g/mol. The summed E-state index contributed by atoms with van der Waals surface area (Å²) in [5.41, 5.74) is 0.170. The second kappa shape index (κ2) is 8.27. The Balaban J connectivity index is 2.10. The highest BCUT2D eigenvalue weighted by Gasteiger charge is 2.25. The number of nitrogens with zero attached hydrogens (tertiary/aromatic N) is 2. The van der Waals surface area contributed by atoms with Crippen molar-refractivity contribution in [2.24, 2.45) is 0 Å². The van der Waals surface area contributed by atoms with Crippen LogP contribution in [0.1, 0.15) is 23.0 Å². The third kappa shape index (κ3) is 4.52. The van der Waals surface area contributed by atoms with Crippen LogP contribution in [-0.4, -0.2) is 30.8 Å². The van der Waals surface area contributed by atoms with Crippen molar-refractivity contribution in [1.29, 1.82) is 0 Å². The van der Waals surface area contributed by atoms with E-state index in [1.807, 2.05) is 6.92 Å². The molecule has 1 aromatic heterocycles. The van der Waals surface area contributed by atoms with Gasteiger partial charge in [-0.15, -0.1) is 0 Å². The lowest BCUT2D eigenvalue weighted by atomic mass is 10.2. The summed E-state index contributed by atoms with van der Waals surface area (Å²) in [4.78, 5) is 24.7. The quantitative estimate of drug-likeness (QED) is 0.451. The summed E-state index contributed by atoms with van der Waals surface area (Å²) in [6.07, 6.45) is 0. The normalized spacial score (nSPS) is 11.1. The number of aryl methyl sites for hydroxylation is 1. The summed E-state index contributed by atoms with van der Waals surface area (Å²) < 4.78 is 36.2. The van der Waals surface area contributed by atoms with Crippen molar-refractivity contribution >= 4 is 16.1 Å². The molecule has 0 atom stereocenters. The maximum absolute atomic E-state index is 12.6. The van der Waals surface area contributed by atoms with Crippen LogP contribution in [0.2, 0.25) is 0 Å². The van der Waals surface area contributed by atoms with E-state index in [2.05, 4.69) is 5.10 Å². The van der Waals surface area contributed by atoms with Crippen LogP contribution in [0.15, 0.2) is 70.4 Å². The lowest BCUT2D eigenvalue weighted by Gasteiger charge is -2.12. The van der Waals surface area contributed by atoms with Crippen molar-refractivity contribution in [3.05, 3.63) is 82.3 Å². The molecule has 0 fully saturated rings. The minimum Gasteiger partial charge on any atom is -0.461 e. The van der Waals surface area contributed by atoms with Gasteiger partial charge in [-0.05, 0) is 38.1 Å². The Labute approximate surface area is 167 Å². The second-order valence-corrected chi connectivity index (χ2v) is 7.56. The highest BCUT2D eigenvalue weighted by atomic mass is 32.2. The van der Waals surface area contributed by atoms with Crippen molar-refractivity contribution in [2.45, 2.75) is 18.7 Å². The Morgan fingerprint density at radius 2 is 1.72 bits per heavy atom. The van der Waals surface area contributed by atoms with E-state index < -0.39 is 33.1 Å². The lowest BCUT2D eigenvalue weighted by molar-refractivity contribution is 0.0515. The van der Waals surface area contributed by atoms with Crippen molar-refractivity contribution in [3.8, 4) is 11.4 Å². The first-order valence-electron chi connectivity index (χ1n) is 8.70. The van der Waals surface area contributed by atoms with Crippen molar-refractivity contribution < 1.29 is 22.1 Å². The molecule has 29 heavy (non-hydrogen) atoms. The van der Waals surface area contributed by atoms with Crippen LogP contribution in [0.3, 0.4) is 0 Å². The number of carbonyl (C=O) groups is 1. The Bertz CT molecular complexity index is 1190. The number of benzene rings is 2. The van der Waals surface area contributed by atoms with E-state index in [0.29, 0.717) is 5.69 Å². The predicted octanol–water partition coefficient (Wildman–Crippen LogP) is 2.49. The molecule has 0 N–H and O–H groups in total. The van der Waals surface area contributed by atoms with Crippen molar-refractivity contribution in [1.82, 2.24) is 9.78 Å². The molecule has 0 aliphatic heterocycles. The third-order valence-corrected chi connectivity index (χ3v) is 5.12. The Morgan fingerprint density at radius 1 is 1.07 bits per heavy atom. The Kier molecular flexibility index (Phi) is 5.79. The first kappa shape index (κ1) is 20.3. The average Bonchev–Trinajstić information content (AvgIpc) is 2.69. The molecule has 3 aromatic rings.